The number of hydrogen-bond donors (Lipinski definition) is 0. The van der Waals surface area contributed by atoms with Gasteiger partial charge >= 0.3 is 0 Å². The maximum Gasteiger partial charge on any atom is 0.263 e. The zero-order chi connectivity index (χ0) is 11.7. The van der Waals surface area contributed by atoms with Gasteiger partial charge in [-0.15, -0.1) is 11.3 Å². The summed E-state index contributed by atoms with van der Waals surface area (Å²) in [4.78, 5) is 16.3. The summed E-state index contributed by atoms with van der Waals surface area (Å²) in [6.07, 6.45) is 4.88. The van der Waals surface area contributed by atoms with Crippen LogP contribution in [-0.4, -0.2) is 23.9 Å². The minimum absolute atomic E-state index is 0.202. The molecule has 0 N–H and O–H groups in total. The lowest BCUT2D eigenvalue weighted by atomic mass is 10.2. The Bertz CT molecular complexity index is 371. The van der Waals surface area contributed by atoms with Crippen LogP contribution in [0.2, 0.25) is 0 Å². The van der Waals surface area contributed by atoms with Crippen LogP contribution in [0.5, 0.6) is 0 Å². The van der Waals surface area contributed by atoms with Gasteiger partial charge in [0.1, 0.15) is 0 Å². The maximum atomic E-state index is 12.2. The van der Waals surface area contributed by atoms with E-state index in [0.717, 1.165) is 4.88 Å². The summed E-state index contributed by atoms with van der Waals surface area (Å²) in [5, 5.41) is 0. The summed E-state index contributed by atoms with van der Waals surface area (Å²) < 4.78 is 0. The molecular formula is C13H19NOS. The minimum atomic E-state index is 0.202. The minimum Gasteiger partial charge on any atom is -0.338 e. The molecule has 0 aliphatic heterocycles. The van der Waals surface area contributed by atoms with Crippen molar-refractivity contribution < 1.29 is 4.79 Å². The fourth-order valence-corrected chi connectivity index (χ4v) is 3.33. The van der Waals surface area contributed by atoms with Crippen molar-refractivity contribution in [2.45, 2.75) is 45.6 Å². The summed E-state index contributed by atoms with van der Waals surface area (Å²) in [6.45, 7) is 4.14. The molecule has 1 aliphatic carbocycles. The van der Waals surface area contributed by atoms with Gasteiger partial charge in [-0.3, -0.25) is 4.79 Å². The SMILES string of the molecule is Cc1cc(C(=O)N(C)C2CCCC2)sc1C. The molecule has 0 aromatic carbocycles. The quantitative estimate of drug-likeness (QED) is 0.772. The number of carbonyl (C=O) groups is 1. The van der Waals surface area contributed by atoms with Gasteiger partial charge < -0.3 is 4.90 Å². The van der Waals surface area contributed by atoms with Gasteiger partial charge in [0.05, 0.1) is 4.88 Å². The first-order valence-corrected chi connectivity index (χ1v) is 6.75. The Kier molecular flexibility index (Phi) is 3.33. The molecule has 16 heavy (non-hydrogen) atoms. The Morgan fingerprint density at radius 1 is 1.38 bits per heavy atom. The van der Waals surface area contributed by atoms with Crippen LogP contribution < -0.4 is 0 Å². The third-order valence-electron chi connectivity index (χ3n) is 3.57. The Labute approximate surface area is 101 Å². The van der Waals surface area contributed by atoms with E-state index in [4.69, 9.17) is 0 Å². The molecule has 0 bridgehead atoms. The van der Waals surface area contributed by atoms with E-state index in [-0.39, 0.29) is 5.91 Å². The van der Waals surface area contributed by atoms with Gasteiger partial charge in [0.2, 0.25) is 0 Å². The first-order chi connectivity index (χ1) is 7.59. The fourth-order valence-electron chi connectivity index (χ4n) is 2.31. The maximum absolute atomic E-state index is 12.2. The van der Waals surface area contributed by atoms with Gasteiger partial charge in [0, 0.05) is 18.0 Å². The van der Waals surface area contributed by atoms with Crippen LogP contribution in [0.1, 0.15) is 45.8 Å². The van der Waals surface area contributed by atoms with Crippen molar-refractivity contribution in [1.82, 2.24) is 4.90 Å². The first kappa shape index (κ1) is 11.6. The van der Waals surface area contributed by atoms with Crippen molar-refractivity contribution in [3.8, 4) is 0 Å². The van der Waals surface area contributed by atoms with Gasteiger partial charge in [-0.1, -0.05) is 12.8 Å². The van der Waals surface area contributed by atoms with Crippen LogP contribution in [0.3, 0.4) is 0 Å². The summed E-state index contributed by atoms with van der Waals surface area (Å²) in [5.74, 6) is 0.202. The van der Waals surface area contributed by atoms with Crippen LogP contribution in [0, 0.1) is 13.8 Å². The molecule has 1 saturated carbocycles. The van der Waals surface area contributed by atoms with Crippen molar-refractivity contribution in [3.05, 3.63) is 21.4 Å². The molecule has 0 unspecified atom stereocenters. The first-order valence-electron chi connectivity index (χ1n) is 5.94. The van der Waals surface area contributed by atoms with Crippen molar-refractivity contribution >= 4 is 17.2 Å². The van der Waals surface area contributed by atoms with Crippen LogP contribution >= 0.6 is 11.3 Å². The average molecular weight is 237 g/mol. The van der Waals surface area contributed by atoms with E-state index in [1.54, 1.807) is 11.3 Å². The highest BCUT2D eigenvalue weighted by Gasteiger charge is 2.25. The van der Waals surface area contributed by atoms with Gasteiger partial charge in [-0.25, -0.2) is 0 Å². The molecule has 1 amide bonds. The van der Waals surface area contributed by atoms with Crippen LogP contribution in [-0.2, 0) is 0 Å². The summed E-state index contributed by atoms with van der Waals surface area (Å²) in [5.41, 5.74) is 1.23. The largest absolute Gasteiger partial charge is 0.338 e. The van der Waals surface area contributed by atoms with E-state index in [1.165, 1.54) is 36.1 Å². The highest BCUT2D eigenvalue weighted by molar-refractivity contribution is 7.14. The second-order valence-corrected chi connectivity index (χ2v) is 5.96. The van der Waals surface area contributed by atoms with E-state index >= 15 is 0 Å². The lowest BCUT2D eigenvalue weighted by Crippen LogP contribution is -2.34. The van der Waals surface area contributed by atoms with Crippen molar-refractivity contribution in [1.29, 1.82) is 0 Å². The van der Waals surface area contributed by atoms with Gasteiger partial charge in [-0.05, 0) is 38.3 Å². The fraction of sp³-hybridized carbons (Fsp3) is 0.615. The van der Waals surface area contributed by atoms with E-state index in [9.17, 15) is 4.79 Å². The zero-order valence-corrected chi connectivity index (χ0v) is 11.1. The Balaban J connectivity index is 2.11. The lowest BCUT2D eigenvalue weighted by molar-refractivity contribution is 0.0740. The van der Waals surface area contributed by atoms with Gasteiger partial charge in [-0.2, -0.15) is 0 Å². The topological polar surface area (TPSA) is 20.3 Å². The predicted octanol–water partition coefficient (Wildman–Crippen LogP) is 3.38. The van der Waals surface area contributed by atoms with E-state index < -0.39 is 0 Å². The molecule has 0 spiro atoms. The lowest BCUT2D eigenvalue weighted by Gasteiger charge is -2.23. The second kappa shape index (κ2) is 4.58. The van der Waals surface area contributed by atoms with Crippen molar-refractivity contribution in [3.63, 3.8) is 0 Å². The molecule has 3 heteroatoms. The molecule has 0 atom stereocenters. The Morgan fingerprint density at radius 3 is 2.50 bits per heavy atom. The van der Waals surface area contributed by atoms with Gasteiger partial charge in [0.15, 0.2) is 0 Å². The van der Waals surface area contributed by atoms with E-state index in [0.29, 0.717) is 6.04 Å². The second-order valence-electron chi connectivity index (χ2n) is 4.70. The van der Waals surface area contributed by atoms with Crippen LogP contribution in [0.15, 0.2) is 6.07 Å². The monoisotopic (exact) mass is 237 g/mol. The van der Waals surface area contributed by atoms with Crippen LogP contribution in [0.4, 0.5) is 0 Å². The predicted molar refractivity (Wildman–Crippen MR) is 68.1 cm³/mol. The third kappa shape index (κ3) is 2.14. The normalized spacial score (nSPS) is 16.7. The zero-order valence-electron chi connectivity index (χ0n) is 10.2. The summed E-state index contributed by atoms with van der Waals surface area (Å²) in [6, 6.07) is 2.49. The molecule has 88 valence electrons. The molecule has 1 aromatic heterocycles. The van der Waals surface area contributed by atoms with Crippen LogP contribution in [0.25, 0.3) is 0 Å². The number of thiophene rings is 1. The van der Waals surface area contributed by atoms with Crippen molar-refractivity contribution in [2.24, 2.45) is 0 Å². The highest BCUT2D eigenvalue weighted by Crippen LogP contribution is 2.26. The molecule has 0 radical (unpaired) electrons. The number of hydrogen-bond acceptors (Lipinski definition) is 2. The molecule has 1 aromatic rings. The number of carbonyl (C=O) groups excluding carboxylic acids is 1. The molecule has 1 fully saturated rings. The van der Waals surface area contributed by atoms with Gasteiger partial charge in [0.25, 0.3) is 5.91 Å². The number of nitrogens with zero attached hydrogens (tertiary/aromatic N) is 1. The number of rotatable bonds is 2. The number of aryl methyl sites for hydroxylation is 2. The molecule has 2 nitrogen and oxygen atoms in total. The summed E-state index contributed by atoms with van der Waals surface area (Å²) in [7, 11) is 1.95. The Hall–Kier alpha value is -0.830. The Morgan fingerprint density at radius 2 is 2.00 bits per heavy atom. The average Bonchev–Trinajstić information content (AvgIpc) is 2.87. The van der Waals surface area contributed by atoms with Crippen molar-refractivity contribution in [2.75, 3.05) is 7.05 Å². The third-order valence-corrected chi connectivity index (χ3v) is 4.71. The molecule has 1 heterocycles. The standard InChI is InChI=1S/C13H19NOS/c1-9-8-12(16-10(9)2)13(15)14(3)11-6-4-5-7-11/h8,11H,4-7H2,1-3H3. The smallest absolute Gasteiger partial charge is 0.263 e. The molecular weight excluding hydrogens is 218 g/mol. The molecule has 1 aliphatic rings. The highest BCUT2D eigenvalue weighted by atomic mass is 32.1. The molecule has 2 rings (SSSR count). The molecule has 0 saturated heterocycles. The summed E-state index contributed by atoms with van der Waals surface area (Å²) >= 11 is 1.62. The number of amides is 1. The van der Waals surface area contributed by atoms with E-state index in [1.807, 2.05) is 18.0 Å². The van der Waals surface area contributed by atoms with E-state index in [2.05, 4.69) is 13.8 Å².